The van der Waals surface area contributed by atoms with Gasteiger partial charge in [-0.15, -0.1) is 0 Å². The Hall–Kier alpha value is -2.40. The molecule has 2 aromatic carbocycles. The molecule has 0 aliphatic carbocycles. The van der Waals surface area contributed by atoms with E-state index in [2.05, 4.69) is 23.1 Å². The first-order chi connectivity index (χ1) is 12.7. The molecule has 0 saturated carbocycles. The Kier molecular flexibility index (Phi) is 4.89. The van der Waals surface area contributed by atoms with Crippen molar-refractivity contribution in [3.05, 3.63) is 59.4 Å². The van der Waals surface area contributed by atoms with E-state index in [0.29, 0.717) is 12.8 Å². The van der Waals surface area contributed by atoms with Gasteiger partial charge in [0.2, 0.25) is 5.91 Å². The van der Waals surface area contributed by atoms with Crippen molar-refractivity contribution in [1.82, 2.24) is 0 Å². The second-order valence-electron chi connectivity index (χ2n) is 6.83. The lowest BCUT2D eigenvalue weighted by Gasteiger charge is -2.29. The minimum atomic E-state index is -0.246. The third-order valence-electron chi connectivity index (χ3n) is 5.18. The van der Waals surface area contributed by atoms with Gasteiger partial charge in [0.15, 0.2) is 0 Å². The molecule has 5 heteroatoms. The number of ether oxygens (including phenoxy) is 1. The van der Waals surface area contributed by atoms with Crippen LogP contribution in [0.4, 0.5) is 15.8 Å². The number of carbonyl (C=O) groups excluding carboxylic acids is 1. The van der Waals surface area contributed by atoms with Crippen molar-refractivity contribution in [2.45, 2.75) is 19.3 Å². The largest absolute Gasteiger partial charge is 0.378 e. The van der Waals surface area contributed by atoms with Gasteiger partial charge in [-0.25, -0.2) is 4.39 Å². The fraction of sp³-hybridized carbons (Fsp3) is 0.381. The summed E-state index contributed by atoms with van der Waals surface area (Å²) < 4.78 is 18.4. The van der Waals surface area contributed by atoms with Crippen molar-refractivity contribution in [2.75, 3.05) is 42.6 Å². The quantitative estimate of drug-likeness (QED) is 0.845. The highest BCUT2D eigenvalue weighted by molar-refractivity contribution is 5.96. The van der Waals surface area contributed by atoms with E-state index in [0.717, 1.165) is 56.2 Å². The fourth-order valence-corrected chi connectivity index (χ4v) is 3.68. The number of carbonyl (C=O) groups is 1. The third-order valence-corrected chi connectivity index (χ3v) is 5.18. The number of benzene rings is 2. The highest BCUT2D eigenvalue weighted by Crippen LogP contribution is 2.33. The topological polar surface area (TPSA) is 32.8 Å². The van der Waals surface area contributed by atoms with E-state index in [4.69, 9.17) is 4.74 Å². The maximum absolute atomic E-state index is 13.0. The molecule has 1 amide bonds. The van der Waals surface area contributed by atoms with E-state index in [1.165, 1.54) is 17.7 Å². The molecule has 26 heavy (non-hydrogen) atoms. The molecular weight excluding hydrogens is 331 g/mol. The van der Waals surface area contributed by atoms with Gasteiger partial charge in [0.05, 0.1) is 13.2 Å². The summed E-state index contributed by atoms with van der Waals surface area (Å²) in [6, 6.07) is 12.8. The molecule has 0 spiro atoms. The van der Waals surface area contributed by atoms with Crippen molar-refractivity contribution in [2.24, 2.45) is 0 Å². The second kappa shape index (κ2) is 7.46. The zero-order valence-electron chi connectivity index (χ0n) is 14.8. The lowest BCUT2D eigenvalue weighted by Crippen LogP contribution is -2.36. The zero-order chi connectivity index (χ0) is 17.9. The molecule has 0 bridgehead atoms. The molecular formula is C21H23FN2O2. The molecule has 0 N–H and O–H groups in total. The average Bonchev–Trinajstić information content (AvgIpc) is 3.11. The Morgan fingerprint density at radius 2 is 1.81 bits per heavy atom. The van der Waals surface area contributed by atoms with Gasteiger partial charge in [0.1, 0.15) is 5.82 Å². The summed E-state index contributed by atoms with van der Waals surface area (Å²) in [5, 5.41) is 0. The van der Waals surface area contributed by atoms with Crippen LogP contribution < -0.4 is 9.80 Å². The summed E-state index contributed by atoms with van der Waals surface area (Å²) in [5.41, 5.74) is 4.42. The summed E-state index contributed by atoms with van der Waals surface area (Å²) in [5.74, 6) is -0.114. The highest BCUT2D eigenvalue weighted by atomic mass is 19.1. The van der Waals surface area contributed by atoms with E-state index < -0.39 is 0 Å². The molecule has 4 rings (SSSR count). The molecule has 0 aromatic heterocycles. The van der Waals surface area contributed by atoms with E-state index in [9.17, 15) is 9.18 Å². The maximum Gasteiger partial charge on any atom is 0.227 e. The van der Waals surface area contributed by atoms with E-state index in [1.807, 2.05) is 4.90 Å². The maximum atomic E-state index is 13.0. The van der Waals surface area contributed by atoms with Crippen molar-refractivity contribution >= 4 is 17.3 Å². The lowest BCUT2D eigenvalue weighted by atomic mass is 10.1. The zero-order valence-corrected chi connectivity index (χ0v) is 14.8. The van der Waals surface area contributed by atoms with Gasteiger partial charge in [-0.1, -0.05) is 18.2 Å². The molecule has 0 radical (unpaired) electrons. The van der Waals surface area contributed by atoms with Crippen LogP contribution in [-0.4, -0.2) is 38.8 Å². The number of morpholine rings is 1. The van der Waals surface area contributed by atoms with Gasteiger partial charge in [-0.05, 0) is 48.2 Å². The number of amides is 1. The van der Waals surface area contributed by atoms with Crippen molar-refractivity contribution in [3.63, 3.8) is 0 Å². The van der Waals surface area contributed by atoms with Gasteiger partial charge < -0.3 is 14.5 Å². The van der Waals surface area contributed by atoms with Crippen LogP contribution >= 0.6 is 0 Å². The van der Waals surface area contributed by atoms with Crippen LogP contribution in [0, 0.1) is 5.82 Å². The Balaban J connectivity index is 1.45. The number of rotatable bonds is 4. The summed E-state index contributed by atoms with van der Waals surface area (Å²) in [4.78, 5) is 17.0. The van der Waals surface area contributed by atoms with Crippen LogP contribution in [0.3, 0.4) is 0 Å². The first-order valence-corrected chi connectivity index (χ1v) is 9.21. The number of hydrogen-bond acceptors (Lipinski definition) is 3. The molecule has 0 unspecified atom stereocenters. The summed E-state index contributed by atoms with van der Waals surface area (Å²) >= 11 is 0. The van der Waals surface area contributed by atoms with Crippen molar-refractivity contribution in [1.29, 1.82) is 0 Å². The van der Waals surface area contributed by atoms with Crippen LogP contribution in [0.25, 0.3) is 0 Å². The Morgan fingerprint density at radius 3 is 2.58 bits per heavy atom. The second-order valence-corrected chi connectivity index (χ2v) is 6.83. The predicted molar refractivity (Wildman–Crippen MR) is 100 cm³/mol. The number of halogens is 1. The molecule has 2 aromatic rings. The predicted octanol–water partition coefficient (Wildman–Crippen LogP) is 3.18. The first-order valence-electron chi connectivity index (χ1n) is 9.21. The molecule has 0 atom stereocenters. The monoisotopic (exact) mass is 354 g/mol. The SMILES string of the molecule is O=C(CCc1ccc(F)cc1)N1CCc2ccc(N3CCOCC3)cc21. The van der Waals surface area contributed by atoms with Gasteiger partial charge in [0, 0.05) is 37.4 Å². The van der Waals surface area contributed by atoms with Crippen molar-refractivity contribution < 1.29 is 13.9 Å². The summed E-state index contributed by atoms with van der Waals surface area (Å²) in [6.07, 6.45) is 1.97. The van der Waals surface area contributed by atoms with E-state index in [1.54, 1.807) is 12.1 Å². The van der Waals surface area contributed by atoms with Gasteiger partial charge in [0.25, 0.3) is 0 Å². The molecule has 4 nitrogen and oxygen atoms in total. The lowest BCUT2D eigenvalue weighted by molar-refractivity contribution is -0.118. The summed E-state index contributed by atoms with van der Waals surface area (Å²) in [7, 11) is 0. The molecule has 1 fully saturated rings. The van der Waals surface area contributed by atoms with Gasteiger partial charge in [-0.3, -0.25) is 4.79 Å². The molecule has 1 saturated heterocycles. The summed E-state index contributed by atoms with van der Waals surface area (Å²) in [6.45, 7) is 4.01. The Morgan fingerprint density at radius 1 is 1.04 bits per heavy atom. The molecule has 2 aliphatic heterocycles. The molecule has 136 valence electrons. The molecule has 2 heterocycles. The standard InChI is InChI=1S/C21H23FN2O2/c22-18-5-1-16(2-6-18)3-8-21(25)24-10-9-17-4-7-19(15-20(17)24)23-11-13-26-14-12-23/h1-2,4-7,15H,3,8-14H2. The number of aryl methyl sites for hydroxylation is 1. The van der Waals surface area contributed by atoms with Crippen LogP contribution in [0.1, 0.15) is 17.5 Å². The van der Waals surface area contributed by atoms with Crippen LogP contribution in [0.2, 0.25) is 0 Å². The van der Waals surface area contributed by atoms with Gasteiger partial charge >= 0.3 is 0 Å². The van der Waals surface area contributed by atoms with Crippen molar-refractivity contribution in [3.8, 4) is 0 Å². The smallest absolute Gasteiger partial charge is 0.227 e. The van der Waals surface area contributed by atoms with Crippen LogP contribution in [0.5, 0.6) is 0 Å². The number of fused-ring (bicyclic) bond motifs is 1. The fourth-order valence-electron chi connectivity index (χ4n) is 3.68. The van der Waals surface area contributed by atoms with E-state index >= 15 is 0 Å². The number of anilines is 2. The third kappa shape index (κ3) is 3.58. The number of nitrogens with zero attached hydrogens (tertiary/aromatic N) is 2. The Bertz CT molecular complexity index is 785. The highest BCUT2D eigenvalue weighted by Gasteiger charge is 2.25. The van der Waals surface area contributed by atoms with Gasteiger partial charge in [-0.2, -0.15) is 0 Å². The normalized spacial score (nSPS) is 16.7. The first kappa shape index (κ1) is 17.0. The minimum Gasteiger partial charge on any atom is -0.378 e. The number of hydrogen-bond donors (Lipinski definition) is 0. The Labute approximate surface area is 153 Å². The minimum absolute atomic E-state index is 0.132. The molecule has 2 aliphatic rings. The van der Waals surface area contributed by atoms with Crippen LogP contribution in [0.15, 0.2) is 42.5 Å². The van der Waals surface area contributed by atoms with Crippen LogP contribution in [-0.2, 0) is 22.4 Å². The average molecular weight is 354 g/mol. The van der Waals surface area contributed by atoms with E-state index in [-0.39, 0.29) is 11.7 Å².